The zero-order valence-corrected chi connectivity index (χ0v) is 19.4. The first-order valence-corrected chi connectivity index (χ1v) is 11.4. The SMILES string of the molecule is CCCCNC(=O)CN1CCN(c2ccc(NC(=O)c3ccc(Cl)cc3)cc2C(=O)O)CC1. The van der Waals surface area contributed by atoms with Crippen LogP contribution in [0.3, 0.4) is 0 Å². The highest BCUT2D eigenvalue weighted by Gasteiger charge is 2.23. The van der Waals surface area contributed by atoms with Crippen molar-refractivity contribution >= 4 is 40.8 Å². The van der Waals surface area contributed by atoms with Gasteiger partial charge < -0.3 is 20.6 Å². The van der Waals surface area contributed by atoms with Gasteiger partial charge in [0.05, 0.1) is 17.8 Å². The molecule has 1 heterocycles. The molecule has 1 fully saturated rings. The first-order valence-electron chi connectivity index (χ1n) is 11.1. The minimum Gasteiger partial charge on any atom is -0.478 e. The summed E-state index contributed by atoms with van der Waals surface area (Å²) in [7, 11) is 0. The summed E-state index contributed by atoms with van der Waals surface area (Å²) in [5.41, 5.74) is 1.54. The van der Waals surface area contributed by atoms with Crippen LogP contribution in [-0.4, -0.2) is 67.1 Å². The van der Waals surface area contributed by atoms with Gasteiger partial charge in [-0.25, -0.2) is 4.79 Å². The van der Waals surface area contributed by atoms with E-state index in [4.69, 9.17) is 11.6 Å². The Morgan fingerprint density at radius 1 is 1.03 bits per heavy atom. The van der Waals surface area contributed by atoms with Crippen molar-refractivity contribution in [1.29, 1.82) is 0 Å². The molecule has 3 rings (SSSR count). The van der Waals surface area contributed by atoms with Gasteiger partial charge in [0.2, 0.25) is 5.91 Å². The third-order valence-corrected chi connectivity index (χ3v) is 5.78. The fourth-order valence-electron chi connectivity index (χ4n) is 3.68. The summed E-state index contributed by atoms with van der Waals surface area (Å²) in [5.74, 6) is -1.39. The van der Waals surface area contributed by atoms with Crippen molar-refractivity contribution in [2.45, 2.75) is 19.8 Å². The number of hydrogen-bond donors (Lipinski definition) is 3. The number of nitrogens with zero attached hydrogens (tertiary/aromatic N) is 2. The van der Waals surface area contributed by atoms with E-state index in [9.17, 15) is 19.5 Å². The molecular weight excluding hydrogens is 444 g/mol. The Morgan fingerprint density at radius 2 is 1.73 bits per heavy atom. The maximum absolute atomic E-state index is 12.5. The third kappa shape index (κ3) is 6.94. The van der Waals surface area contributed by atoms with Crippen LogP contribution >= 0.6 is 11.6 Å². The summed E-state index contributed by atoms with van der Waals surface area (Å²) >= 11 is 5.86. The van der Waals surface area contributed by atoms with Gasteiger partial charge in [-0.05, 0) is 48.9 Å². The predicted octanol–water partition coefficient (Wildman–Crippen LogP) is 3.33. The van der Waals surface area contributed by atoms with Crippen LogP contribution in [0, 0.1) is 0 Å². The van der Waals surface area contributed by atoms with Gasteiger partial charge in [0.25, 0.3) is 5.91 Å². The number of anilines is 2. The molecule has 3 N–H and O–H groups in total. The molecule has 1 aliphatic rings. The Bertz CT molecular complexity index is 988. The van der Waals surface area contributed by atoms with Crippen molar-refractivity contribution < 1.29 is 19.5 Å². The minimum atomic E-state index is -1.06. The molecule has 0 atom stereocenters. The highest BCUT2D eigenvalue weighted by atomic mass is 35.5. The van der Waals surface area contributed by atoms with Crippen molar-refractivity contribution in [3.05, 3.63) is 58.6 Å². The zero-order chi connectivity index (χ0) is 23.8. The van der Waals surface area contributed by atoms with Gasteiger partial charge in [0.15, 0.2) is 0 Å². The quantitative estimate of drug-likeness (QED) is 0.484. The van der Waals surface area contributed by atoms with Gasteiger partial charge in [-0.1, -0.05) is 24.9 Å². The van der Waals surface area contributed by atoms with Crippen LogP contribution in [0.1, 0.15) is 40.5 Å². The topological polar surface area (TPSA) is 102 Å². The van der Waals surface area contributed by atoms with E-state index in [0.717, 1.165) is 12.8 Å². The number of carbonyl (C=O) groups is 3. The van der Waals surface area contributed by atoms with Crippen LogP contribution in [0.15, 0.2) is 42.5 Å². The van der Waals surface area contributed by atoms with Crippen LogP contribution in [-0.2, 0) is 4.79 Å². The molecule has 2 aromatic carbocycles. The molecule has 2 amide bonds. The van der Waals surface area contributed by atoms with Crippen LogP contribution in [0.5, 0.6) is 0 Å². The average molecular weight is 473 g/mol. The summed E-state index contributed by atoms with van der Waals surface area (Å²) in [5, 5.41) is 15.9. The second-order valence-corrected chi connectivity index (χ2v) is 8.40. The lowest BCUT2D eigenvalue weighted by atomic mass is 10.1. The third-order valence-electron chi connectivity index (χ3n) is 5.52. The Kier molecular flexibility index (Phi) is 8.68. The van der Waals surface area contributed by atoms with Gasteiger partial charge in [-0.2, -0.15) is 0 Å². The van der Waals surface area contributed by atoms with E-state index >= 15 is 0 Å². The van der Waals surface area contributed by atoms with Gasteiger partial charge in [0, 0.05) is 49.0 Å². The van der Waals surface area contributed by atoms with Crippen molar-refractivity contribution in [1.82, 2.24) is 10.2 Å². The highest BCUT2D eigenvalue weighted by Crippen LogP contribution is 2.26. The first-order chi connectivity index (χ1) is 15.9. The number of amides is 2. The van der Waals surface area contributed by atoms with Crippen LogP contribution < -0.4 is 15.5 Å². The number of halogens is 1. The molecule has 1 aliphatic heterocycles. The second kappa shape index (κ2) is 11.7. The van der Waals surface area contributed by atoms with Crippen LogP contribution in [0.2, 0.25) is 5.02 Å². The minimum absolute atomic E-state index is 0.0175. The number of nitrogens with one attached hydrogen (secondary N) is 2. The van der Waals surface area contributed by atoms with E-state index in [2.05, 4.69) is 22.5 Å². The van der Waals surface area contributed by atoms with E-state index in [1.54, 1.807) is 36.4 Å². The molecule has 0 bridgehead atoms. The lowest BCUT2D eigenvalue weighted by molar-refractivity contribution is -0.122. The lowest BCUT2D eigenvalue weighted by Crippen LogP contribution is -2.49. The number of carboxylic acids is 1. The average Bonchev–Trinajstić information content (AvgIpc) is 2.80. The van der Waals surface area contributed by atoms with E-state index in [0.29, 0.717) is 61.2 Å². The zero-order valence-electron chi connectivity index (χ0n) is 18.6. The van der Waals surface area contributed by atoms with Gasteiger partial charge in [-0.15, -0.1) is 0 Å². The molecule has 0 saturated carbocycles. The Balaban J connectivity index is 1.62. The molecule has 1 saturated heterocycles. The number of carboxylic acid groups (broad SMARTS) is 1. The number of carbonyl (C=O) groups excluding carboxylic acids is 2. The highest BCUT2D eigenvalue weighted by molar-refractivity contribution is 6.30. The maximum Gasteiger partial charge on any atom is 0.337 e. The maximum atomic E-state index is 12.5. The number of hydrogen-bond acceptors (Lipinski definition) is 5. The molecule has 8 nitrogen and oxygen atoms in total. The molecule has 0 spiro atoms. The fourth-order valence-corrected chi connectivity index (χ4v) is 3.80. The number of piperazine rings is 1. The van der Waals surface area contributed by atoms with Crippen molar-refractivity contribution in [3.8, 4) is 0 Å². The van der Waals surface area contributed by atoms with Crippen molar-refractivity contribution in [2.75, 3.05) is 49.5 Å². The number of unbranched alkanes of at least 4 members (excludes halogenated alkanes) is 1. The molecule has 0 aromatic heterocycles. The van der Waals surface area contributed by atoms with E-state index in [1.165, 1.54) is 6.07 Å². The summed E-state index contributed by atoms with van der Waals surface area (Å²) in [6, 6.07) is 11.3. The first kappa shape index (κ1) is 24.5. The van der Waals surface area contributed by atoms with Gasteiger partial charge in [0.1, 0.15) is 0 Å². The Labute approximate surface area is 198 Å². The molecule has 2 aromatic rings. The molecular formula is C24H29ClN4O4. The van der Waals surface area contributed by atoms with E-state index in [1.807, 2.05) is 4.90 Å². The Morgan fingerprint density at radius 3 is 2.36 bits per heavy atom. The summed E-state index contributed by atoms with van der Waals surface area (Å²) in [6.45, 7) is 5.66. The van der Waals surface area contributed by atoms with Crippen molar-refractivity contribution in [2.24, 2.45) is 0 Å². The Hall–Kier alpha value is -3.10. The smallest absolute Gasteiger partial charge is 0.337 e. The number of benzene rings is 2. The van der Waals surface area contributed by atoms with Crippen LogP contribution in [0.4, 0.5) is 11.4 Å². The molecule has 33 heavy (non-hydrogen) atoms. The molecule has 0 radical (unpaired) electrons. The molecule has 9 heteroatoms. The molecule has 176 valence electrons. The van der Waals surface area contributed by atoms with Gasteiger partial charge in [-0.3, -0.25) is 14.5 Å². The number of aromatic carboxylic acids is 1. The summed E-state index contributed by atoms with van der Waals surface area (Å²) < 4.78 is 0. The lowest BCUT2D eigenvalue weighted by Gasteiger charge is -2.36. The van der Waals surface area contributed by atoms with Crippen molar-refractivity contribution in [3.63, 3.8) is 0 Å². The van der Waals surface area contributed by atoms with E-state index < -0.39 is 5.97 Å². The largest absolute Gasteiger partial charge is 0.478 e. The molecule has 0 aliphatic carbocycles. The standard InChI is InChI=1S/C24H29ClN4O4/c1-2-3-10-26-22(30)16-28-11-13-29(14-12-28)21-9-8-19(15-20(21)24(32)33)27-23(31)17-4-6-18(25)7-5-17/h4-9,15H,2-3,10-14,16H2,1H3,(H,26,30)(H,27,31)(H,32,33). The summed E-state index contributed by atoms with van der Waals surface area (Å²) in [4.78, 5) is 40.5. The predicted molar refractivity (Wildman–Crippen MR) is 129 cm³/mol. The normalized spacial score (nSPS) is 14.1. The second-order valence-electron chi connectivity index (χ2n) is 7.96. The number of rotatable bonds is 9. The monoisotopic (exact) mass is 472 g/mol. The van der Waals surface area contributed by atoms with Crippen LogP contribution in [0.25, 0.3) is 0 Å². The molecule has 0 unspecified atom stereocenters. The fraction of sp³-hybridized carbons (Fsp3) is 0.375. The van der Waals surface area contributed by atoms with Gasteiger partial charge >= 0.3 is 5.97 Å². The summed E-state index contributed by atoms with van der Waals surface area (Å²) in [6.07, 6.45) is 2.00. The van der Waals surface area contributed by atoms with E-state index in [-0.39, 0.29) is 17.4 Å².